The van der Waals surface area contributed by atoms with Crippen LogP contribution in [0.1, 0.15) is 44.5 Å². The molecule has 1 fully saturated rings. The molecule has 0 saturated carbocycles. The SMILES string of the molecule is Cc1cc(C)c(/C=C/B2OC(C)(C)C(C)(C)O2)cn1. The predicted octanol–water partition coefficient (Wildman–Crippen LogP) is 3.34. The van der Waals surface area contributed by atoms with Gasteiger partial charge in [0.05, 0.1) is 11.2 Å². The second-order valence-corrected chi connectivity index (χ2v) is 6.17. The van der Waals surface area contributed by atoms with E-state index < -0.39 is 0 Å². The average Bonchev–Trinajstić information content (AvgIpc) is 2.46. The summed E-state index contributed by atoms with van der Waals surface area (Å²) in [6.07, 6.45) is 3.90. The van der Waals surface area contributed by atoms with Crippen molar-refractivity contribution in [3.05, 3.63) is 35.1 Å². The molecule has 1 aromatic heterocycles. The van der Waals surface area contributed by atoms with E-state index in [4.69, 9.17) is 9.31 Å². The molecule has 0 atom stereocenters. The van der Waals surface area contributed by atoms with E-state index in [1.807, 2.05) is 25.2 Å². The maximum absolute atomic E-state index is 5.92. The van der Waals surface area contributed by atoms with Crippen molar-refractivity contribution in [2.24, 2.45) is 0 Å². The van der Waals surface area contributed by atoms with Gasteiger partial charge < -0.3 is 9.31 Å². The molecule has 1 aromatic rings. The lowest BCUT2D eigenvalue weighted by atomic mass is 9.89. The van der Waals surface area contributed by atoms with Crippen molar-refractivity contribution < 1.29 is 9.31 Å². The molecule has 102 valence electrons. The van der Waals surface area contributed by atoms with Gasteiger partial charge in [0.2, 0.25) is 0 Å². The van der Waals surface area contributed by atoms with Crippen molar-refractivity contribution >= 4 is 13.2 Å². The lowest BCUT2D eigenvalue weighted by Crippen LogP contribution is -2.41. The van der Waals surface area contributed by atoms with Gasteiger partial charge in [-0.05, 0) is 58.7 Å². The highest BCUT2D eigenvalue weighted by Gasteiger charge is 2.49. The Bertz CT molecular complexity index is 493. The predicted molar refractivity (Wildman–Crippen MR) is 78.8 cm³/mol. The number of pyridine rings is 1. The fourth-order valence-electron chi connectivity index (χ4n) is 2.03. The van der Waals surface area contributed by atoms with Gasteiger partial charge in [-0.3, -0.25) is 4.98 Å². The Kier molecular flexibility index (Phi) is 3.58. The van der Waals surface area contributed by atoms with Crippen LogP contribution in [0.4, 0.5) is 0 Å². The summed E-state index contributed by atoms with van der Waals surface area (Å²) in [5.41, 5.74) is 2.76. The average molecular weight is 259 g/mol. The van der Waals surface area contributed by atoms with Gasteiger partial charge in [-0.25, -0.2) is 0 Å². The van der Waals surface area contributed by atoms with E-state index in [1.165, 1.54) is 5.56 Å². The Balaban J connectivity index is 2.13. The van der Waals surface area contributed by atoms with Gasteiger partial charge in [-0.15, -0.1) is 0 Å². The lowest BCUT2D eigenvalue weighted by molar-refractivity contribution is 0.00578. The molecule has 2 rings (SSSR count). The molecule has 0 amide bonds. The fourth-order valence-corrected chi connectivity index (χ4v) is 2.03. The molecule has 0 N–H and O–H groups in total. The molecule has 2 heterocycles. The monoisotopic (exact) mass is 259 g/mol. The van der Waals surface area contributed by atoms with E-state index in [0.29, 0.717) is 0 Å². The van der Waals surface area contributed by atoms with E-state index in [2.05, 4.69) is 45.7 Å². The summed E-state index contributed by atoms with van der Waals surface area (Å²) in [5, 5.41) is 0. The first kappa shape index (κ1) is 14.3. The van der Waals surface area contributed by atoms with Gasteiger partial charge in [0.15, 0.2) is 0 Å². The summed E-state index contributed by atoms with van der Waals surface area (Å²) < 4.78 is 11.8. The smallest absolute Gasteiger partial charge is 0.400 e. The van der Waals surface area contributed by atoms with Crippen LogP contribution in [0.3, 0.4) is 0 Å². The number of aryl methyl sites for hydroxylation is 2. The van der Waals surface area contributed by atoms with Crippen molar-refractivity contribution in [3.63, 3.8) is 0 Å². The lowest BCUT2D eigenvalue weighted by Gasteiger charge is -2.32. The molecule has 3 nitrogen and oxygen atoms in total. The molecule has 4 heteroatoms. The highest BCUT2D eigenvalue weighted by molar-refractivity contribution is 6.52. The Hall–Kier alpha value is -1.13. The molecule has 1 aliphatic heterocycles. The van der Waals surface area contributed by atoms with E-state index in [1.54, 1.807) is 0 Å². The molecular formula is C15H22BNO2. The standard InChI is InChI=1S/C15H22BNO2/c1-11-9-12(2)17-10-13(11)7-8-16-18-14(3,4)15(5,6)19-16/h7-10H,1-6H3/b8-7+. The summed E-state index contributed by atoms with van der Waals surface area (Å²) >= 11 is 0. The molecule has 0 aliphatic carbocycles. The normalized spacial score (nSPS) is 21.3. The van der Waals surface area contributed by atoms with Crippen molar-refractivity contribution in [2.45, 2.75) is 52.7 Å². The molecule has 0 aromatic carbocycles. The molecule has 0 bridgehead atoms. The fraction of sp³-hybridized carbons (Fsp3) is 0.533. The maximum Gasteiger partial charge on any atom is 0.487 e. The van der Waals surface area contributed by atoms with E-state index in [9.17, 15) is 0 Å². The third-order valence-electron chi connectivity index (χ3n) is 3.99. The van der Waals surface area contributed by atoms with Gasteiger partial charge in [-0.2, -0.15) is 0 Å². The van der Waals surface area contributed by atoms with E-state index in [-0.39, 0.29) is 18.3 Å². The molecular weight excluding hydrogens is 237 g/mol. The minimum absolute atomic E-state index is 0.289. The first-order valence-corrected chi connectivity index (χ1v) is 6.68. The van der Waals surface area contributed by atoms with Crippen molar-refractivity contribution in [3.8, 4) is 0 Å². The van der Waals surface area contributed by atoms with Crippen LogP contribution in [-0.4, -0.2) is 23.3 Å². The first-order chi connectivity index (χ1) is 8.71. The Morgan fingerprint density at radius 2 is 1.68 bits per heavy atom. The molecule has 19 heavy (non-hydrogen) atoms. The van der Waals surface area contributed by atoms with Crippen molar-refractivity contribution in [2.75, 3.05) is 0 Å². The maximum atomic E-state index is 5.92. The van der Waals surface area contributed by atoms with Gasteiger partial charge in [0.1, 0.15) is 0 Å². The number of rotatable bonds is 2. The summed E-state index contributed by atoms with van der Waals surface area (Å²) in [6.45, 7) is 12.3. The van der Waals surface area contributed by atoms with Crippen LogP contribution in [0.15, 0.2) is 18.2 Å². The van der Waals surface area contributed by atoms with Gasteiger partial charge >= 0.3 is 7.12 Å². The van der Waals surface area contributed by atoms with Crippen LogP contribution in [0.5, 0.6) is 0 Å². The van der Waals surface area contributed by atoms with Crippen LogP contribution in [0.2, 0.25) is 0 Å². The second kappa shape index (κ2) is 4.76. The minimum Gasteiger partial charge on any atom is -0.400 e. The van der Waals surface area contributed by atoms with E-state index in [0.717, 1.165) is 11.3 Å². The van der Waals surface area contributed by atoms with Crippen LogP contribution in [-0.2, 0) is 9.31 Å². The summed E-state index contributed by atoms with van der Waals surface area (Å²) in [5.74, 6) is 1.95. The quantitative estimate of drug-likeness (QED) is 0.763. The summed E-state index contributed by atoms with van der Waals surface area (Å²) in [6, 6.07) is 2.07. The van der Waals surface area contributed by atoms with Crippen LogP contribution >= 0.6 is 0 Å². The largest absolute Gasteiger partial charge is 0.487 e. The zero-order chi connectivity index (χ0) is 14.3. The third-order valence-corrected chi connectivity index (χ3v) is 3.99. The minimum atomic E-state index is -0.300. The molecule has 0 unspecified atom stereocenters. The molecule has 0 radical (unpaired) electrons. The first-order valence-electron chi connectivity index (χ1n) is 6.68. The number of nitrogens with zero attached hydrogens (tertiary/aromatic N) is 1. The highest BCUT2D eigenvalue weighted by atomic mass is 16.7. The molecule has 0 spiro atoms. The zero-order valence-electron chi connectivity index (χ0n) is 12.7. The Morgan fingerprint density at radius 3 is 2.21 bits per heavy atom. The van der Waals surface area contributed by atoms with Gasteiger partial charge in [-0.1, -0.05) is 12.1 Å². The Labute approximate surface area is 116 Å². The topological polar surface area (TPSA) is 31.4 Å². The number of hydrogen-bond donors (Lipinski definition) is 0. The van der Waals surface area contributed by atoms with Gasteiger partial charge in [0.25, 0.3) is 0 Å². The van der Waals surface area contributed by atoms with Gasteiger partial charge in [0, 0.05) is 11.9 Å². The Morgan fingerprint density at radius 1 is 1.11 bits per heavy atom. The van der Waals surface area contributed by atoms with Crippen LogP contribution in [0.25, 0.3) is 6.08 Å². The summed E-state index contributed by atoms with van der Waals surface area (Å²) in [7, 11) is -0.300. The number of hydrogen-bond acceptors (Lipinski definition) is 3. The highest BCUT2D eigenvalue weighted by Crippen LogP contribution is 2.37. The van der Waals surface area contributed by atoms with Crippen molar-refractivity contribution in [1.82, 2.24) is 4.98 Å². The van der Waals surface area contributed by atoms with Crippen LogP contribution in [0, 0.1) is 13.8 Å². The molecule has 1 saturated heterocycles. The van der Waals surface area contributed by atoms with Crippen LogP contribution < -0.4 is 0 Å². The third kappa shape index (κ3) is 2.90. The molecule has 1 aliphatic rings. The zero-order valence-corrected chi connectivity index (χ0v) is 12.7. The van der Waals surface area contributed by atoms with Crippen molar-refractivity contribution in [1.29, 1.82) is 0 Å². The number of aromatic nitrogens is 1. The van der Waals surface area contributed by atoms with E-state index >= 15 is 0 Å². The second-order valence-electron chi connectivity index (χ2n) is 6.17. The summed E-state index contributed by atoms with van der Waals surface area (Å²) in [4.78, 5) is 4.31.